The molecule has 0 rings (SSSR count). The van der Waals surface area contributed by atoms with Gasteiger partial charge >= 0.3 is 5.97 Å². The van der Waals surface area contributed by atoms with E-state index in [9.17, 15) is 4.79 Å². The molecular weight excluding hydrogens is 127 g/mol. The predicted molar refractivity (Wildman–Crippen MR) is 18.4 cm³/mol. The average Bonchev–Trinajstić information content (AvgIpc) is 1.38. The standard InChI is InChI=1S/C2H3ClO2.ClH/c3-1-2(4)5;/h1H2,(H,4,5);1H/p-1. The highest BCUT2D eigenvalue weighted by atomic mass is 35.5. The van der Waals surface area contributed by atoms with Crippen molar-refractivity contribution in [1.29, 1.82) is 0 Å². The average molecular weight is 130 g/mol. The first kappa shape index (κ1) is 9.41. The summed E-state index contributed by atoms with van der Waals surface area (Å²) in [6.07, 6.45) is 0. The van der Waals surface area contributed by atoms with Crippen LogP contribution in [0.3, 0.4) is 0 Å². The summed E-state index contributed by atoms with van der Waals surface area (Å²) in [5.41, 5.74) is 0. The van der Waals surface area contributed by atoms with Crippen molar-refractivity contribution in [2.24, 2.45) is 0 Å². The molecule has 0 aromatic heterocycles. The van der Waals surface area contributed by atoms with Gasteiger partial charge in [-0.15, -0.1) is 11.6 Å². The largest absolute Gasteiger partial charge is 1.00 e. The molecule has 0 aromatic rings. The Morgan fingerprint density at radius 1 is 1.83 bits per heavy atom. The van der Waals surface area contributed by atoms with Crippen molar-refractivity contribution in [2.75, 3.05) is 5.88 Å². The maximum absolute atomic E-state index is 9.24. The molecule has 0 fully saturated rings. The fraction of sp³-hybridized carbons (Fsp3) is 0.500. The van der Waals surface area contributed by atoms with E-state index in [2.05, 4.69) is 0 Å². The van der Waals surface area contributed by atoms with Crippen LogP contribution in [0.5, 0.6) is 0 Å². The van der Waals surface area contributed by atoms with Gasteiger partial charge in [-0.3, -0.25) is 4.79 Å². The number of hydrogen-bond donors (Lipinski definition) is 1. The van der Waals surface area contributed by atoms with Crippen molar-refractivity contribution >= 4 is 17.6 Å². The van der Waals surface area contributed by atoms with E-state index in [0.29, 0.717) is 0 Å². The summed E-state index contributed by atoms with van der Waals surface area (Å²) in [6.45, 7) is 0. The van der Waals surface area contributed by atoms with Gasteiger partial charge in [0, 0.05) is 0 Å². The van der Waals surface area contributed by atoms with Crippen molar-refractivity contribution in [3.63, 3.8) is 0 Å². The van der Waals surface area contributed by atoms with Gasteiger partial charge in [0.05, 0.1) is 0 Å². The minimum atomic E-state index is -0.980. The zero-order valence-corrected chi connectivity index (χ0v) is 4.33. The Hall–Kier alpha value is 0.0500. The van der Waals surface area contributed by atoms with Gasteiger partial charge in [0.15, 0.2) is 0 Å². The van der Waals surface area contributed by atoms with Gasteiger partial charge in [0.25, 0.3) is 0 Å². The molecule has 0 atom stereocenters. The van der Waals surface area contributed by atoms with Crippen LogP contribution in [0.1, 0.15) is 0 Å². The second-order valence-corrected chi connectivity index (χ2v) is 0.795. The van der Waals surface area contributed by atoms with E-state index in [1.807, 2.05) is 0 Å². The van der Waals surface area contributed by atoms with Crippen molar-refractivity contribution < 1.29 is 22.3 Å². The molecule has 38 valence electrons. The molecule has 2 nitrogen and oxygen atoms in total. The summed E-state index contributed by atoms with van der Waals surface area (Å²) in [5, 5.41) is 7.59. The molecule has 0 saturated carbocycles. The number of alkyl halides is 1. The Morgan fingerprint density at radius 2 is 2.00 bits per heavy atom. The topological polar surface area (TPSA) is 37.3 Å². The number of carboxylic acid groups (broad SMARTS) is 1. The molecule has 0 saturated heterocycles. The SMILES string of the molecule is O=C(O)CCl.[Cl-]. The van der Waals surface area contributed by atoms with Gasteiger partial charge in [0.1, 0.15) is 5.88 Å². The monoisotopic (exact) mass is 129 g/mol. The lowest BCUT2D eigenvalue weighted by atomic mass is 10.8. The highest BCUT2D eigenvalue weighted by Gasteiger charge is 1.83. The zero-order valence-electron chi connectivity index (χ0n) is 2.82. The molecule has 0 bridgehead atoms. The van der Waals surface area contributed by atoms with Crippen LogP contribution in [0.4, 0.5) is 0 Å². The minimum absolute atomic E-state index is 0. The van der Waals surface area contributed by atoms with Crippen LogP contribution in [0, 0.1) is 0 Å². The number of carboxylic acids is 1. The number of aliphatic carboxylic acids is 1. The van der Waals surface area contributed by atoms with E-state index in [1.54, 1.807) is 0 Å². The Balaban J connectivity index is 0. The number of rotatable bonds is 1. The van der Waals surface area contributed by atoms with Crippen LogP contribution >= 0.6 is 11.6 Å². The van der Waals surface area contributed by atoms with Crippen LogP contribution in [-0.2, 0) is 4.79 Å². The van der Waals surface area contributed by atoms with Crippen molar-refractivity contribution in [1.82, 2.24) is 0 Å². The Bertz CT molecular complexity index is 44.8. The maximum atomic E-state index is 9.24. The minimum Gasteiger partial charge on any atom is -1.00 e. The molecule has 6 heavy (non-hydrogen) atoms. The van der Waals surface area contributed by atoms with Gasteiger partial charge in [-0.25, -0.2) is 0 Å². The third-order valence-electron chi connectivity index (χ3n) is 0.114. The summed E-state index contributed by atoms with van der Waals surface area (Å²) >= 11 is 4.74. The van der Waals surface area contributed by atoms with E-state index in [4.69, 9.17) is 16.7 Å². The van der Waals surface area contributed by atoms with Gasteiger partial charge < -0.3 is 17.5 Å². The Kier molecular flexibility index (Phi) is 7.92. The zero-order chi connectivity index (χ0) is 4.28. The van der Waals surface area contributed by atoms with Gasteiger partial charge in [-0.2, -0.15) is 0 Å². The lowest BCUT2D eigenvalue weighted by molar-refractivity contribution is -0.134. The Labute approximate surface area is 46.5 Å². The van der Waals surface area contributed by atoms with E-state index in [1.165, 1.54) is 0 Å². The first-order chi connectivity index (χ1) is 2.27. The molecule has 0 aliphatic heterocycles. The summed E-state index contributed by atoms with van der Waals surface area (Å²) in [4.78, 5) is 9.24. The van der Waals surface area contributed by atoms with Gasteiger partial charge in [0.2, 0.25) is 0 Å². The van der Waals surface area contributed by atoms with Gasteiger partial charge in [-0.05, 0) is 0 Å². The number of hydrogen-bond acceptors (Lipinski definition) is 1. The van der Waals surface area contributed by atoms with Gasteiger partial charge in [-0.1, -0.05) is 0 Å². The predicted octanol–water partition coefficient (Wildman–Crippen LogP) is -2.69. The third-order valence-corrected chi connectivity index (χ3v) is 0.343. The summed E-state index contributed by atoms with van der Waals surface area (Å²) in [5.74, 6) is -1.29. The van der Waals surface area contributed by atoms with Crippen LogP contribution in [0.25, 0.3) is 0 Å². The van der Waals surface area contributed by atoms with E-state index in [-0.39, 0.29) is 18.3 Å². The number of halogens is 2. The lowest BCUT2D eigenvalue weighted by Crippen LogP contribution is -3.00. The fourth-order valence-corrected chi connectivity index (χ4v) is 0. The molecular formula is C2H3Cl2O2-. The molecule has 0 amide bonds. The molecule has 0 heterocycles. The van der Waals surface area contributed by atoms with E-state index < -0.39 is 5.97 Å². The highest BCUT2D eigenvalue weighted by molar-refractivity contribution is 6.26. The Morgan fingerprint density at radius 3 is 2.00 bits per heavy atom. The maximum Gasteiger partial charge on any atom is 0.318 e. The normalized spacial score (nSPS) is 6.17. The highest BCUT2D eigenvalue weighted by Crippen LogP contribution is 1.67. The van der Waals surface area contributed by atoms with Crippen LogP contribution < -0.4 is 12.4 Å². The molecule has 0 aliphatic rings. The molecule has 4 heteroatoms. The second-order valence-electron chi connectivity index (χ2n) is 0.527. The fourth-order valence-electron chi connectivity index (χ4n) is 0. The van der Waals surface area contributed by atoms with Crippen molar-refractivity contribution in [2.45, 2.75) is 0 Å². The van der Waals surface area contributed by atoms with Crippen molar-refractivity contribution in [3.8, 4) is 0 Å². The molecule has 0 aliphatic carbocycles. The van der Waals surface area contributed by atoms with Crippen LogP contribution in [-0.4, -0.2) is 17.0 Å². The smallest absolute Gasteiger partial charge is 0.318 e. The summed E-state index contributed by atoms with van der Waals surface area (Å²) in [6, 6.07) is 0. The quantitative estimate of drug-likeness (QED) is 0.392. The third kappa shape index (κ3) is 8.96. The lowest BCUT2D eigenvalue weighted by Gasteiger charge is -1.69. The molecule has 0 aromatic carbocycles. The summed E-state index contributed by atoms with van der Waals surface area (Å²) < 4.78 is 0. The van der Waals surface area contributed by atoms with Crippen LogP contribution in [0.15, 0.2) is 0 Å². The second kappa shape index (κ2) is 5.05. The van der Waals surface area contributed by atoms with Crippen molar-refractivity contribution in [3.05, 3.63) is 0 Å². The first-order valence-electron chi connectivity index (χ1n) is 1.05. The van der Waals surface area contributed by atoms with E-state index >= 15 is 0 Å². The number of carbonyl (C=O) groups is 1. The molecule has 0 spiro atoms. The van der Waals surface area contributed by atoms with E-state index in [0.717, 1.165) is 0 Å². The molecule has 0 unspecified atom stereocenters. The first-order valence-corrected chi connectivity index (χ1v) is 1.58. The summed E-state index contributed by atoms with van der Waals surface area (Å²) in [7, 11) is 0. The molecule has 0 radical (unpaired) electrons. The van der Waals surface area contributed by atoms with Crippen LogP contribution in [0.2, 0.25) is 0 Å². The molecule has 1 N–H and O–H groups in total.